The molecule has 0 radical (unpaired) electrons. The van der Waals surface area contributed by atoms with E-state index < -0.39 is 20.2 Å². The highest BCUT2D eigenvalue weighted by atomic mass is 32.2. The third-order valence-corrected chi connectivity index (χ3v) is 9.51. The van der Waals surface area contributed by atoms with Crippen LogP contribution in [0.1, 0.15) is 25.0 Å². The lowest BCUT2D eigenvalue weighted by molar-refractivity contribution is -0.210. The summed E-state index contributed by atoms with van der Waals surface area (Å²) < 4.78 is 25.8. The van der Waals surface area contributed by atoms with Crippen LogP contribution in [-0.4, -0.2) is 36.1 Å². The van der Waals surface area contributed by atoms with Crippen LogP contribution in [0.5, 0.6) is 0 Å². The van der Waals surface area contributed by atoms with Gasteiger partial charge in [-0.3, -0.25) is 0 Å². The number of aryl methyl sites for hydroxylation is 2. The molecule has 2 saturated heterocycles. The van der Waals surface area contributed by atoms with E-state index >= 15 is 0 Å². The van der Waals surface area contributed by atoms with E-state index in [-0.39, 0.29) is 18.3 Å². The first-order valence-corrected chi connectivity index (χ1v) is 13.9. The molecule has 0 unspecified atom stereocenters. The minimum absolute atomic E-state index is 0.146. The molecule has 4 atom stereocenters. The number of fused-ring (bicyclic) bond motifs is 1. The van der Waals surface area contributed by atoms with E-state index in [1.807, 2.05) is 37.7 Å². The molecule has 0 bridgehead atoms. The highest BCUT2D eigenvalue weighted by Gasteiger charge is 2.56. The first-order chi connectivity index (χ1) is 16.4. The average molecular weight is 495 g/mol. The summed E-state index contributed by atoms with van der Waals surface area (Å²) in [4.78, 5) is 1.30. The van der Waals surface area contributed by atoms with Gasteiger partial charge in [-0.1, -0.05) is 78.9 Å². The van der Waals surface area contributed by atoms with E-state index in [9.17, 15) is 0 Å². The van der Waals surface area contributed by atoms with Crippen molar-refractivity contribution >= 4 is 30.5 Å². The first-order valence-electron chi connectivity index (χ1n) is 11.7. The molecular weight excluding hydrogens is 463 g/mol. The minimum Gasteiger partial charge on any atom is -0.343 e. The number of benzene rings is 3. The summed E-state index contributed by atoms with van der Waals surface area (Å²) in [7, 11) is -1.05. The fourth-order valence-electron chi connectivity index (χ4n) is 4.52. The second kappa shape index (κ2) is 10.1. The molecule has 5 rings (SSSR count). The molecule has 178 valence electrons. The zero-order valence-electron chi connectivity index (χ0n) is 20.0. The van der Waals surface area contributed by atoms with Gasteiger partial charge in [-0.2, -0.15) is 0 Å². The van der Waals surface area contributed by atoms with Crippen LogP contribution in [0.3, 0.4) is 0 Å². The fraction of sp³-hybridized carbons (Fsp3) is 0.357. The quantitative estimate of drug-likeness (QED) is 0.311. The van der Waals surface area contributed by atoms with E-state index in [1.165, 1.54) is 26.6 Å². The van der Waals surface area contributed by atoms with Crippen molar-refractivity contribution in [1.29, 1.82) is 0 Å². The maximum absolute atomic E-state index is 6.97. The normalized spacial score (nSPS) is 25.6. The maximum Gasteiger partial charge on any atom is 0.190 e. The number of thioether (sulfide) groups is 1. The van der Waals surface area contributed by atoms with Crippen LogP contribution in [0, 0.1) is 13.8 Å². The summed E-state index contributed by atoms with van der Waals surface area (Å²) in [5.74, 6) is 0.0766. The molecule has 2 heterocycles. The smallest absolute Gasteiger partial charge is 0.190 e. The lowest BCUT2D eigenvalue weighted by atomic mass is 10.1. The molecule has 4 nitrogen and oxygen atoms in total. The topological polar surface area (TPSA) is 36.9 Å². The van der Waals surface area contributed by atoms with Gasteiger partial charge in [0.05, 0.1) is 14.3 Å². The first kappa shape index (κ1) is 24.0. The largest absolute Gasteiger partial charge is 0.343 e. The van der Waals surface area contributed by atoms with Crippen molar-refractivity contribution in [3.63, 3.8) is 0 Å². The fourth-order valence-corrected chi connectivity index (χ4v) is 7.64. The van der Waals surface area contributed by atoms with Gasteiger partial charge in [-0.25, -0.2) is 0 Å². The Morgan fingerprint density at radius 2 is 1.41 bits per heavy atom. The van der Waals surface area contributed by atoms with Crippen LogP contribution in [-0.2, 0) is 18.7 Å². The molecule has 0 N–H and O–H groups in total. The second-order valence-corrected chi connectivity index (χ2v) is 12.1. The zero-order valence-corrected chi connectivity index (χ0v) is 21.7. The number of hydrogen-bond donors (Lipinski definition) is 0. The Hall–Kier alpha value is -1.72. The Bertz CT molecular complexity index is 1050. The van der Waals surface area contributed by atoms with Crippen molar-refractivity contribution in [2.24, 2.45) is 0 Å². The molecule has 0 aliphatic carbocycles. The summed E-state index contributed by atoms with van der Waals surface area (Å²) in [5, 5.41) is 2.35. The van der Waals surface area contributed by atoms with Gasteiger partial charge in [-0.05, 0) is 38.8 Å². The standard InChI is InChI=1S/C28H31O4PS/c1-19-12-11-13-20(2)26(19)34-18-23-24(25-27(29-23)31-28(3,4)30-25)32-33(21-14-7-5-8-15-21)22-16-9-6-10-17-22/h5-17,23-25,27H,18H2,1-4H3/t23-,24+,25-,27-/m1/s1. The van der Waals surface area contributed by atoms with Crippen molar-refractivity contribution in [2.45, 2.75) is 63.0 Å². The van der Waals surface area contributed by atoms with Crippen LogP contribution in [0.25, 0.3) is 0 Å². The summed E-state index contributed by atoms with van der Waals surface area (Å²) in [6.45, 7) is 8.19. The SMILES string of the molecule is Cc1cccc(C)c1SC[C@H]1O[C@@H]2OC(C)(C)O[C@@H]2[C@H]1OP(c1ccccc1)c1ccccc1. The van der Waals surface area contributed by atoms with E-state index in [2.05, 4.69) is 80.6 Å². The van der Waals surface area contributed by atoms with Crippen LogP contribution < -0.4 is 10.6 Å². The van der Waals surface area contributed by atoms with Gasteiger partial charge in [-0.15, -0.1) is 11.8 Å². The molecule has 3 aromatic carbocycles. The highest BCUT2D eigenvalue weighted by Crippen LogP contribution is 2.46. The molecule has 0 spiro atoms. The highest BCUT2D eigenvalue weighted by molar-refractivity contribution is 7.99. The molecule has 2 aliphatic rings. The predicted octanol–water partition coefficient (Wildman–Crippen LogP) is 5.71. The second-order valence-electron chi connectivity index (χ2n) is 9.21. The Balaban J connectivity index is 1.43. The van der Waals surface area contributed by atoms with Gasteiger partial charge in [0.2, 0.25) is 0 Å². The molecule has 0 saturated carbocycles. The molecule has 2 aliphatic heterocycles. The Labute approximate surface area is 207 Å². The average Bonchev–Trinajstić information content (AvgIpc) is 3.29. The van der Waals surface area contributed by atoms with Gasteiger partial charge in [0, 0.05) is 21.3 Å². The summed E-state index contributed by atoms with van der Waals surface area (Å²) in [5.41, 5.74) is 2.57. The Kier molecular flexibility index (Phi) is 7.13. The summed E-state index contributed by atoms with van der Waals surface area (Å²) in [6.07, 6.45) is -1.08. The van der Waals surface area contributed by atoms with Crippen LogP contribution in [0.15, 0.2) is 83.8 Å². The van der Waals surface area contributed by atoms with Gasteiger partial charge in [0.25, 0.3) is 0 Å². The van der Waals surface area contributed by atoms with Gasteiger partial charge in [0.15, 0.2) is 12.1 Å². The molecule has 3 aromatic rings. The van der Waals surface area contributed by atoms with Crippen LogP contribution in [0.4, 0.5) is 0 Å². The molecular formula is C28H31O4PS. The molecule has 0 amide bonds. The van der Waals surface area contributed by atoms with E-state index in [4.69, 9.17) is 18.7 Å². The monoisotopic (exact) mass is 494 g/mol. The van der Waals surface area contributed by atoms with E-state index in [1.54, 1.807) is 0 Å². The minimum atomic E-state index is -1.05. The molecule has 34 heavy (non-hydrogen) atoms. The lowest BCUT2D eigenvalue weighted by Gasteiger charge is -2.29. The Morgan fingerprint density at radius 3 is 2.00 bits per heavy atom. The Morgan fingerprint density at radius 1 is 0.824 bits per heavy atom. The zero-order chi connectivity index (χ0) is 23.7. The van der Waals surface area contributed by atoms with Crippen LogP contribution >= 0.6 is 19.9 Å². The van der Waals surface area contributed by atoms with Crippen molar-refractivity contribution in [1.82, 2.24) is 0 Å². The summed E-state index contributed by atoms with van der Waals surface area (Å²) >= 11 is 1.82. The maximum atomic E-state index is 6.97. The van der Waals surface area contributed by atoms with E-state index in [0.29, 0.717) is 0 Å². The van der Waals surface area contributed by atoms with Crippen molar-refractivity contribution in [3.8, 4) is 0 Å². The third kappa shape index (κ3) is 5.11. The van der Waals surface area contributed by atoms with Crippen molar-refractivity contribution in [2.75, 3.05) is 5.75 Å². The third-order valence-electron chi connectivity index (χ3n) is 6.10. The lowest BCUT2D eigenvalue weighted by Crippen LogP contribution is -2.38. The number of hydrogen-bond acceptors (Lipinski definition) is 5. The summed E-state index contributed by atoms with van der Waals surface area (Å²) in [6, 6.07) is 27.3. The van der Waals surface area contributed by atoms with Crippen molar-refractivity contribution < 1.29 is 18.7 Å². The van der Waals surface area contributed by atoms with Crippen LogP contribution in [0.2, 0.25) is 0 Å². The predicted molar refractivity (Wildman–Crippen MR) is 139 cm³/mol. The number of rotatable bonds is 7. The van der Waals surface area contributed by atoms with Gasteiger partial charge < -0.3 is 18.7 Å². The van der Waals surface area contributed by atoms with Crippen molar-refractivity contribution in [3.05, 3.63) is 90.0 Å². The molecule has 6 heteroatoms. The molecule has 2 fully saturated rings. The van der Waals surface area contributed by atoms with E-state index in [0.717, 1.165) is 5.75 Å². The molecule has 0 aromatic heterocycles. The van der Waals surface area contributed by atoms with Gasteiger partial charge >= 0.3 is 0 Å². The number of ether oxygens (including phenoxy) is 3. The van der Waals surface area contributed by atoms with Gasteiger partial charge in [0.1, 0.15) is 12.2 Å².